The summed E-state index contributed by atoms with van der Waals surface area (Å²) in [5.41, 5.74) is 1.89. The third-order valence-electron chi connectivity index (χ3n) is 5.41. The van der Waals surface area contributed by atoms with E-state index in [9.17, 15) is 4.79 Å². The lowest BCUT2D eigenvalue weighted by molar-refractivity contribution is 0.102. The molecular formula is C20H26N4OS. The molecule has 2 fully saturated rings. The summed E-state index contributed by atoms with van der Waals surface area (Å²) < 4.78 is 0. The number of benzene rings is 1. The van der Waals surface area contributed by atoms with E-state index in [0.717, 1.165) is 24.6 Å². The van der Waals surface area contributed by atoms with Gasteiger partial charge >= 0.3 is 0 Å². The van der Waals surface area contributed by atoms with Crippen molar-refractivity contribution < 1.29 is 4.79 Å². The fraction of sp³-hybridized carbons (Fsp3) is 0.550. The van der Waals surface area contributed by atoms with Crippen molar-refractivity contribution >= 4 is 22.4 Å². The van der Waals surface area contributed by atoms with Gasteiger partial charge in [-0.2, -0.15) is 0 Å². The SMILES string of the molecule is O=C(Nc1nnc(C2CCCCC2)s1)c1cccc(CN2CCCC2)c1. The van der Waals surface area contributed by atoms with Crippen LogP contribution in [0.5, 0.6) is 0 Å². The van der Waals surface area contributed by atoms with Crippen LogP contribution in [0.25, 0.3) is 0 Å². The average Bonchev–Trinajstić information content (AvgIpc) is 3.35. The van der Waals surface area contributed by atoms with Crippen molar-refractivity contribution in [1.29, 1.82) is 0 Å². The predicted molar refractivity (Wildman–Crippen MR) is 105 cm³/mol. The maximum atomic E-state index is 12.6. The number of carbonyl (C=O) groups is 1. The van der Waals surface area contributed by atoms with Crippen LogP contribution in [-0.4, -0.2) is 34.1 Å². The van der Waals surface area contributed by atoms with Crippen molar-refractivity contribution in [3.63, 3.8) is 0 Å². The Bertz CT molecular complexity index is 748. The molecule has 1 saturated carbocycles. The fourth-order valence-corrected chi connectivity index (χ4v) is 4.89. The summed E-state index contributed by atoms with van der Waals surface area (Å²) in [6.07, 6.45) is 8.82. The van der Waals surface area contributed by atoms with Crippen LogP contribution < -0.4 is 5.32 Å². The Morgan fingerprint density at radius 2 is 1.92 bits per heavy atom. The zero-order valence-electron chi connectivity index (χ0n) is 15.1. The van der Waals surface area contributed by atoms with Crippen LogP contribution >= 0.6 is 11.3 Å². The van der Waals surface area contributed by atoms with Gasteiger partial charge in [0.1, 0.15) is 5.01 Å². The van der Waals surface area contributed by atoms with Crippen molar-refractivity contribution in [2.75, 3.05) is 18.4 Å². The number of hydrogen-bond acceptors (Lipinski definition) is 5. The van der Waals surface area contributed by atoms with Crippen molar-refractivity contribution in [1.82, 2.24) is 15.1 Å². The monoisotopic (exact) mass is 370 g/mol. The topological polar surface area (TPSA) is 58.1 Å². The molecule has 0 atom stereocenters. The summed E-state index contributed by atoms with van der Waals surface area (Å²) in [5, 5.41) is 13.1. The summed E-state index contributed by atoms with van der Waals surface area (Å²) in [4.78, 5) is 15.0. The predicted octanol–water partition coefficient (Wildman–Crippen LogP) is 4.43. The highest BCUT2D eigenvalue weighted by Gasteiger charge is 2.20. The molecule has 5 nitrogen and oxygen atoms in total. The first kappa shape index (κ1) is 17.6. The molecule has 0 unspecified atom stereocenters. The molecule has 2 aliphatic rings. The Labute approximate surface area is 158 Å². The lowest BCUT2D eigenvalue weighted by Gasteiger charge is -2.18. The van der Waals surface area contributed by atoms with E-state index in [0.29, 0.717) is 16.6 Å². The Balaban J connectivity index is 1.39. The van der Waals surface area contributed by atoms with Gasteiger partial charge in [-0.25, -0.2) is 0 Å². The van der Waals surface area contributed by atoms with E-state index < -0.39 is 0 Å². The highest BCUT2D eigenvalue weighted by atomic mass is 32.1. The Morgan fingerprint density at radius 3 is 2.73 bits per heavy atom. The number of aromatic nitrogens is 2. The van der Waals surface area contributed by atoms with Crippen LogP contribution in [0.2, 0.25) is 0 Å². The van der Waals surface area contributed by atoms with Gasteiger partial charge in [-0.3, -0.25) is 15.0 Å². The van der Waals surface area contributed by atoms with Gasteiger partial charge in [-0.1, -0.05) is 42.7 Å². The van der Waals surface area contributed by atoms with E-state index >= 15 is 0 Å². The molecule has 0 spiro atoms. The van der Waals surface area contributed by atoms with Crippen LogP contribution in [0.4, 0.5) is 5.13 Å². The number of amides is 1. The molecule has 2 heterocycles. The number of likely N-dealkylation sites (tertiary alicyclic amines) is 1. The first-order valence-electron chi connectivity index (χ1n) is 9.74. The molecule has 1 N–H and O–H groups in total. The normalized spacial score (nSPS) is 18.9. The highest BCUT2D eigenvalue weighted by molar-refractivity contribution is 7.15. The Hall–Kier alpha value is -1.79. The number of rotatable bonds is 5. The van der Waals surface area contributed by atoms with Crippen LogP contribution in [-0.2, 0) is 6.54 Å². The average molecular weight is 371 g/mol. The largest absolute Gasteiger partial charge is 0.299 e. The van der Waals surface area contributed by atoms with E-state index in [-0.39, 0.29) is 5.91 Å². The molecule has 4 rings (SSSR count). The van der Waals surface area contributed by atoms with E-state index in [2.05, 4.69) is 26.5 Å². The standard InChI is InChI=1S/C20H26N4OS/c25-18(17-10-6-7-15(13-17)14-24-11-4-5-12-24)21-20-23-22-19(26-20)16-8-2-1-3-9-16/h6-7,10,13,16H,1-5,8-9,11-12,14H2,(H,21,23,25). The first-order valence-corrected chi connectivity index (χ1v) is 10.6. The summed E-state index contributed by atoms with van der Waals surface area (Å²) in [6, 6.07) is 7.93. The van der Waals surface area contributed by atoms with Gasteiger partial charge in [0.25, 0.3) is 5.91 Å². The van der Waals surface area contributed by atoms with Crippen molar-refractivity contribution in [2.45, 2.75) is 57.4 Å². The molecular weight excluding hydrogens is 344 g/mol. The van der Waals surface area contributed by atoms with Gasteiger partial charge in [-0.05, 0) is 56.5 Å². The lowest BCUT2D eigenvalue weighted by atomic mass is 9.90. The van der Waals surface area contributed by atoms with Gasteiger partial charge in [0.05, 0.1) is 0 Å². The Morgan fingerprint density at radius 1 is 1.12 bits per heavy atom. The maximum Gasteiger partial charge on any atom is 0.257 e. The third kappa shape index (κ3) is 4.30. The van der Waals surface area contributed by atoms with Gasteiger partial charge in [0.15, 0.2) is 0 Å². The molecule has 1 aliphatic heterocycles. The van der Waals surface area contributed by atoms with E-state index in [1.807, 2.05) is 18.2 Å². The number of anilines is 1. The van der Waals surface area contributed by atoms with E-state index in [1.165, 1.54) is 61.8 Å². The first-order chi connectivity index (χ1) is 12.8. The van der Waals surface area contributed by atoms with E-state index in [1.54, 1.807) is 0 Å². The second kappa shape index (κ2) is 8.27. The zero-order chi connectivity index (χ0) is 17.8. The van der Waals surface area contributed by atoms with E-state index in [4.69, 9.17) is 0 Å². The van der Waals surface area contributed by atoms with Gasteiger partial charge in [-0.15, -0.1) is 10.2 Å². The van der Waals surface area contributed by atoms with Crippen molar-refractivity contribution in [2.24, 2.45) is 0 Å². The van der Waals surface area contributed by atoms with Gasteiger partial charge < -0.3 is 0 Å². The lowest BCUT2D eigenvalue weighted by Crippen LogP contribution is -2.19. The highest BCUT2D eigenvalue weighted by Crippen LogP contribution is 2.35. The summed E-state index contributed by atoms with van der Waals surface area (Å²) in [6.45, 7) is 3.24. The quantitative estimate of drug-likeness (QED) is 0.846. The molecule has 6 heteroatoms. The number of carbonyl (C=O) groups excluding carboxylic acids is 1. The van der Waals surface area contributed by atoms with Crippen molar-refractivity contribution in [3.05, 3.63) is 40.4 Å². The maximum absolute atomic E-state index is 12.6. The Kier molecular flexibility index (Phi) is 5.60. The van der Waals surface area contributed by atoms with Gasteiger partial charge in [0.2, 0.25) is 5.13 Å². The summed E-state index contributed by atoms with van der Waals surface area (Å²) in [5.74, 6) is 0.426. The van der Waals surface area contributed by atoms with Crippen LogP contribution in [0, 0.1) is 0 Å². The van der Waals surface area contributed by atoms with Crippen LogP contribution in [0.15, 0.2) is 24.3 Å². The third-order valence-corrected chi connectivity index (χ3v) is 6.41. The van der Waals surface area contributed by atoms with Crippen LogP contribution in [0.3, 0.4) is 0 Å². The molecule has 1 aliphatic carbocycles. The molecule has 138 valence electrons. The smallest absolute Gasteiger partial charge is 0.257 e. The molecule has 0 radical (unpaired) electrons. The number of hydrogen-bond donors (Lipinski definition) is 1. The molecule has 1 aromatic heterocycles. The van der Waals surface area contributed by atoms with Crippen LogP contribution in [0.1, 0.15) is 71.8 Å². The molecule has 1 aromatic carbocycles. The summed E-state index contributed by atoms with van der Waals surface area (Å²) >= 11 is 1.53. The minimum atomic E-state index is -0.0976. The minimum Gasteiger partial charge on any atom is -0.299 e. The molecule has 0 bridgehead atoms. The second-order valence-corrected chi connectivity index (χ2v) is 8.43. The molecule has 26 heavy (non-hydrogen) atoms. The number of nitrogens with zero attached hydrogens (tertiary/aromatic N) is 3. The summed E-state index contributed by atoms with van der Waals surface area (Å²) in [7, 11) is 0. The second-order valence-electron chi connectivity index (χ2n) is 7.42. The zero-order valence-corrected chi connectivity index (χ0v) is 15.9. The molecule has 1 amide bonds. The fourth-order valence-electron chi connectivity index (χ4n) is 3.98. The molecule has 2 aromatic rings. The number of nitrogens with one attached hydrogen (secondary N) is 1. The minimum absolute atomic E-state index is 0.0976. The molecule has 1 saturated heterocycles. The van der Waals surface area contributed by atoms with Gasteiger partial charge in [0, 0.05) is 18.0 Å². The van der Waals surface area contributed by atoms with Crippen molar-refractivity contribution in [3.8, 4) is 0 Å².